The highest BCUT2D eigenvalue weighted by Crippen LogP contribution is 2.59. The number of hydrogen-bond donors (Lipinski definition) is 1. The Morgan fingerprint density at radius 1 is 1.33 bits per heavy atom. The zero-order chi connectivity index (χ0) is 17.3. The summed E-state index contributed by atoms with van der Waals surface area (Å²) in [7, 11) is 0. The fourth-order valence-electron chi connectivity index (χ4n) is 3.56. The predicted octanol–water partition coefficient (Wildman–Crippen LogP) is 3.27. The smallest absolute Gasteiger partial charge is 0.307 e. The maximum atomic E-state index is 12.9. The van der Waals surface area contributed by atoms with Gasteiger partial charge in [-0.2, -0.15) is 0 Å². The summed E-state index contributed by atoms with van der Waals surface area (Å²) < 4.78 is 12.9. The maximum absolute atomic E-state index is 12.9. The summed E-state index contributed by atoms with van der Waals surface area (Å²) in [6.45, 7) is 3.24. The fourth-order valence-corrected chi connectivity index (χ4v) is 4.47. The minimum absolute atomic E-state index is 0.0469. The van der Waals surface area contributed by atoms with Crippen LogP contribution in [0.2, 0.25) is 0 Å². The Bertz CT molecular complexity index is 626. The Hall–Kier alpha value is -1.56. The van der Waals surface area contributed by atoms with Crippen molar-refractivity contribution >= 4 is 23.6 Å². The molecule has 6 heteroatoms. The molecule has 130 valence electrons. The lowest BCUT2D eigenvalue weighted by molar-refractivity contribution is -0.140. The molecule has 0 aromatic heterocycles. The highest BCUT2D eigenvalue weighted by Gasteiger charge is 2.59. The van der Waals surface area contributed by atoms with Gasteiger partial charge in [0.05, 0.1) is 5.92 Å². The molecule has 1 N–H and O–H groups in total. The third-order valence-electron chi connectivity index (χ3n) is 5.29. The zero-order valence-electron chi connectivity index (χ0n) is 13.7. The molecule has 0 bridgehead atoms. The van der Waals surface area contributed by atoms with Crippen LogP contribution in [-0.4, -0.2) is 40.7 Å². The Labute approximate surface area is 145 Å². The summed E-state index contributed by atoms with van der Waals surface area (Å²) in [5.41, 5.74) is -0.0469. The molecule has 3 rings (SSSR count). The lowest BCUT2D eigenvalue weighted by Crippen LogP contribution is -2.42. The molecule has 0 radical (unpaired) electrons. The number of carboxylic acid groups (broad SMARTS) is 1. The van der Waals surface area contributed by atoms with E-state index < -0.39 is 5.97 Å². The molecule has 1 saturated heterocycles. The van der Waals surface area contributed by atoms with E-state index in [4.69, 9.17) is 5.11 Å². The second-order valence-corrected chi connectivity index (χ2v) is 8.04. The summed E-state index contributed by atoms with van der Waals surface area (Å²) in [5.74, 6) is -0.481. The van der Waals surface area contributed by atoms with Crippen molar-refractivity contribution in [3.63, 3.8) is 0 Å². The quantitative estimate of drug-likeness (QED) is 0.827. The second-order valence-electron chi connectivity index (χ2n) is 6.95. The summed E-state index contributed by atoms with van der Waals surface area (Å²) in [5, 5.41) is 9.12. The van der Waals surface area contributed by atoms with Gasteiger partial charge < -0.3 is 10.0 Å². The van der Waals surface area contributed by atoms with Crippen molar-refractivity contribution in [1.82, 2.24) is 4.90 Å². The number of carboxylic acids is 1. The molecule has 1 aromatic carbocycles. The topological polar surface area (TPSA) is 57.6 Å². The Kier molecular flexibility index (Phi) is 4.85. The molecule has 1 aliphatic carbocycles. The fraction of sp³-hybridized carbons (Fsp3) is 0.556. The normalized spacial score (nSPS) is 23.1. The summed E-state index contributed by atoms with van der Waals surface area (Å²) in [4.78, 5) is 26.5. The lowest BCUT2D eigenvalue weighted by Gasteiger charge is -2.34. The van der Waals surface area contributed by atoms with E-state index in [2.05, 4.69) is 0 Å². The van der Waals surface area contributed by atoms with Crippen LogP contribution < -0.4 is 0 Å². The van der Waals surface area contributed by atoms with Crippen LogP contribution in [0, 0.1) is 23.1 Å². The third kappa shape index (κ3) is 3.58. The van der Waals surface area contributed by atoms with Crippen molar-refractivity contribution in [1.29, 1.82) is 0 Å². The van der Waals surface area contributed by atoms with E-state index >= 15 is 0 Å². The van der Waals surface area contributed by atoms with Crippen LogP contribution in [0.4, 0.5) is 4.39 Å². The number of thioether (sulfide) groups is 1. The number of piperidine rings is 1. The molecule has 1 aliphatic heterocycles. The van der Waals surface area contributed by atoms with E-state index in [1.54, 1.807) is 23.9 Å². The maximum Gasteiger partial charge on any atom is 0.307 e. The first kappa shape index (κ1) is 17.3. The summed E-state index contributed by atoms with van der Waals surface area (Å²) in [6.07, 6.45) is 2.36. The number of carbonyl (C=O) groups is 2. The average molecular weight is 351 g/mol. The standard InChI is InChI=1S/C18H22FNO3S/c1-12(11-24-14-4-2-13(19)3-5-14)16(21)20-8-6-18(7-9-20)10-15(18)17(22)23/h2-5,12,15H,6-11H2,1H3,(H,22,23). The molecule has 1 saturated carbocycles. The van der Waals surface area contributed by atoms with E-state index in [9.17, 15) is 14.0 Å². The van der Waals surface area contributed by atoms with Gasteiger partial charge in [0, 0.05) is 29.7 Å². The van der Waals surface area contributed by atoms with Gasteiger partial charge in [-0.3, -0.25) is 9.59 Å². The Balaban J connectivity index is 1.46. The first-order chi connectivity index (χ1) is 11.4. The zero-order valence-corrected chi connectivity index (χ0v) is 14.5. The molecule has 2 fully saturated rings. The first-order valence-electron chi connectivity index (χ1n) is 8.31. The second kappa shape index (κ2) is 6.75. The molecule has 1 heterocycles. The largest absolute Gasteiger partial charge is 0.481 e. The number of aliphatic carboxylic acids is 1. The van der Waals surface area contributed by atoms with Crippen LogP contribution in [0.3, 0.4) is 0 Å². The molecular weight excluding hydrogens is 329 g/mol. The van der Waals surface area contributed by atoms with Gasteiger partial charge in [-0.15, -0.1) is 11.8 Å². The molecule has 1 aromatic rings. The average Bonchev–Trinajstić information content (AvgIpc) is 3.28. The van der Waals surface area contributed by atoms with Crippen molar-refractivity contribution in [2.45, 2.75) is 31.1 Å². The molecule has 2 aliphatic rings. The van der Waals surface area contributed by atoms with E-state index in [1.165, 1.54) is 12.1 Å². The number of halogens is 1. The monoisotopic (exact) mass is 351 g/mol. The van der Waals surface area contributed by atoms with Crippen molar-refractivity contribution < 1.29 is 19.1 Å². The van der Waals surface area contributed by atoms with Gasteiger partial charge in [-0.05, 0) is 48.9 Å². The predicted molar refractivity (Wildman–Crippen MR) is 90.3 cm³/mol. The van der Waals surface area contributed by atoms with Gasteiger partial charge in [0.1, 0.15) is 5.82 Å². The number of likely N-dealkylation sites (tertiary alicyclic amines) is 1. The SMILES string of the molecule is CC(CSc1ccc(F)cc1)C(=O)N1CCC2(CC1)CC2C(=O)O. The van der Waals surface area contributed by atoms with E-state index in [0.29, 0.717) is 18.8 Å². The summed E-state index contributed by atoms with van der Waals surface area (Å²) in [6, 6.07) is 6.29. The molecular formula is C18H22FNO3S. The third-order valence-corrected chi connectivity index (χ3v) is 6.57. The van der Waals surface area contributed by atoms with E-state index in [0.717, 1.165) is 24.2 Å². The number of hydrogen-bond acceptors (Lipinski definition) is 3. The van der Waals surface area contributed by atoms with Crippen LogP contribution in [0.5, 0.6) is 0 Å². The molecule has 24 heavy (non-hydrogen) atoms. The van der Waals surface area contributed by atoms with Gasteiger partial charge in [0.2, 0.25) is 5.91 Å². The number of nitrogens with zero attached hydrogens (tertiary/aromatic N) is 1. The van der Waals surface area contributed by atoms with Gasteiger partial charge in [-0.1, -0.05) is 6.92 Å². The highest BCUT2D eigenvalue weighted by atomic mass is 32.2. The van der Waals surface area contributed by atoms with Crippen LogP contribution in [0.25, 0.3) is 0 Å². The van der Waals surface area contributed by atoms with Gasteiger partial charge >= 0.3 is 5.97 Å². The van der Waals surface area contributed by atoms with Crippen molar-refractivity contribution in [3.05, 3.63) is 30.1 Å². The molecule has 2 atom stereocenters. The Morgan fingerprint density at radius 2 is 1.96 bits per heavy atom. The minimum atomic E-state index is -0.696. The number of carbonyl (C=O) groups excluding carboxylic acids is 1. The van der Waals surface area contributed by atoms with Gasteiger partial charge in [0.25, 0.3) is 0 Å². The first-order valence-corrected chi connectivity index (χ1v) is 9.30. The number of benzene rings is 1. The lowest BCUT2D eigenvalue weighted by atomic mass is 9.90. The summed E-state index contributed by atoms with van der Waals surface area (Å²) >= 11 is 1.55. The Morgan fingerprint density at radius 3 is 2.50 bits per heavy atom. The van der Waals surface area contributed by atoms with Crippen molar-refractivity contribution in [3.8, 4) is 0 Å². The highest BCUT2D eigenvalue weighted by molar-refractivity contribution is 7.99. The van der Waals surface area contributed by atoms with Crippen molar-refractivity contribution in [2.24, 2.45) is 17.3 Å². The van der Waals surface area contributed by atoms with Crippen LogP contribution in [-0.2, 0) is 9.59 Å². The van der Waals surface area contributed by atoms with Gasteiger partial charge in [-0.25, -0.2) is 4.39 Å². The van der Waals surface area contributed by atoms with E-state index in [1.807, 2.05) is 11.8 Å². The minimum Gasteiger partial charge on any atom is -0.481 e. The van der Waals surface area contributed by atoms with Crippen molar-refractivity contribution in [2.75, 3.05) is 18.8 Å². The number of amides is 1. The van der Waals surface area contributed by atoms with Gasteiger partial charge in [0.15, 0.2) is 0 Å². The van der Waals surface area contributed by atoms with Crippen LogP contribution >= 0.6 is 11.8 Å². The molecule has 2 unspecified atom stereocenters. The van der Waals surface area contributed by atoms with E-state index in [-0.39, 0.29) is 29.0 Å². The molecule has 1 spiro atoms. The van der Waals surface area contributed by atoms with Crippen LogP contribution in [0.1, 0.15) is 26.2 Å². The number of rotatable bonds is 5. The molecule has 4 nitrogen and oxygen atoms in total. The molecule has 1 amide bonds. The van der Waals surface area contributed by atoms with Crippen LogP contribution in [0.15, 0.2) is 29.2 Å².